The van der Waals surface area contributed by atoms with E-state index in [1.807, 2.05) is 38.2 Å². The molecule has 1 aromatic heterocycles. The van der Waals surface area contributed by atoms with Gasteiger partial charge in [0, 0.05) is 18.1 Å². The zero-order valence-corrected chi connectivity index (χ0v) is 17.8. The van der Waals surface area contributed by atoms with Gasteiger partial charge >= 0.3 is 6.18 Å². The van der Waals surface area contributed by atoms with Crippen LogP contribution in [0, 0.1) is 0 Å². The summed E-state index contributed by atoms with van der Waals surface area (Å²) in [6.07, 6.45) is -3.84. The van der Waals surface area contributed by atoms with E-state index < -0.39 is 23.3 Å². The molecular formula is C22H22ClF3N4O. The molecule has 3 rings (SSSR count). The fraction of sp³-hybridized carbons (Fsp3) is 0.273. The number of nitrogens with one attached hydrogen (secondary N) is 1. The molecule has 0 fully saturated rings. The lowest BCUT2D eigenvalue weighted by atomic mass is 10.1. The van der Waals surface area contributed by atoms with Crippen LogP contribution in [-0.4, -0.2) is 34.2 Å². The smallest absolute Gasteiger partial charge is 0.348 e. The monoisotopic (exact) mass is 450 g/mol. The predicted octanol–water partition coefficient (Wildman–Crippen LogP) is 4.93. The average molecular weight is 451 g/mol. The Balaban J connectivity index is 1.81. The second-order valence-corrected chi connectivity index (χ2v) is 7.56. The van der Waals surface area contributed by atoms with Crippen LogP contribution in [0.1, 0.15) is 34.1 Å². The highest BCUT2D eigenvalue weighted by Gasteiger charge is 2.40. The first-order chi connectivity index (χ1) is 14.7. The van der Waals surface area contributed by atoms with Gasteiger partial charge in [-0.1, -0.05) is 42.8 Å². The van der Waals surface area contributed by atoms with Gasteiger partial charge in [-0.15, -0.1) is 0 Å². The third kappa shape index (κ3) is 5.65. The van der Waals surface area contributed by atoms with Crippen LogP contribution < -0.4 is 5.32 Å². The number of aromatic nitrogens is 2. The van der Waals surface area contributed by atoms with Crippen LogP contribution in [0.2, 0.25) is 5.02 Å². The number of rotatable bonds is 7. The lowest BCUT2D eigenvalue weighted by Crippen LogP contribution is -2.26. The van der Waals surface area contributed by atoms with Crippen LogP contribution in [-0.2, 0) is 19.3 Å². The number of hydrogen-bond donors (Lipinski definition) is 1. The van der Waals surface area contributed by atoms with Crippen molar-refractivity contribution >= 4 is 17.5 Å². The molecule has 0 aliphatic carbocycles. The van der Waals surface area contributed by atoms with E-state index >= 15 is 0 Å². The molecule has 0 radical (unpaired) electrons. The van der Waals surface area contributed by atoms with Gasteiger partial charge in [-0.2, -0.15) is 18.3 Å². The highest BCUT2D eigenvalue weighted by atomic mass is 35.5. The summed E-state index contributed by atoms with van der Waals surface area (Å²) in [6, 6.07) is 13.3. The highest BCUT2D eigenvalue weighted by molar-refractivity contribution is 6.30. The Bertz CT molecular complexity index is 1050. The Morgan fingerprint density at radius 3 is 2.48 bits per heavy atom. The zero-order valence-electron chi connectivity index (χ0n) is 17.1. The molecule has 0 saturated heterocycles. The van der Waals surface area contributed by atoms with E-state index in [0.29, 0.717) is 9.70 Å². The quantitative estimate of drug-likeness (QED) is 0.555. The van der Waals surface area contributed by atoms with Gasteiger partial charge in [-0.3, -0.25) is 4.79 Å². The van der Waals surface area contributed by atoms with Gasteiger partial charge in [-0.25, -0.2) is 4.68 Å². The summed E-state index contributed by atoms with van der Waals surface area (Å²) in [5.41, 5.74) is 0.343. The number of nitrogens with zero attached hydrogens (tertiary/aromatic N) is 3. The fourth-order valence-electron chi connectivity index (χ4n) is 3.10. The summed E-state index contributed by atoms with van der Waals surface area (Å²) in [5.74, 6) is -0.844. The van der Waals surface area contributed by atoms with Crippen LogP contribution in [0.4, 0.5) is 13.2 Å². The molecule has 1 heterocycles. The maximum absolute atomic E-state index is 13.8. The molecule has 164 valence electrons. The first kappa shape index (κ1) is 22.8. The Morgan fingerprint density at radius 2 is 1.84 bits per heavy atom. The van der Waals surface area contributed by atoms with Gasteiger partial charge in [0.2, 0.25) is 0 Å². The van der Waals surface area contributed by atoms with Crippen molar-refractivity contribution in [2.45, 2.75) is 26.2 Å². The van der Waals surface area contributed by atoms with Crippen molar-refractivity contribution in [3.8, 4) is 5.69 Å². The Kier molecular flexibility index (Phi) is 7.02. The van der Waals surface area contributed by atoms with Gasteiger partial charge in [0.05, 0.1) is 17.4 Å². The number of carbonyl (C=O) groups excluding carboxylic acids is 1. The summed E-state index contributed by atoms with van der Waals surface area (Å²) in [4.78, 5) is 14.7. The van der Waals surface area contributed by atoms with E-state index in [1.54, 1.807) is 0 Å². The number of amides is 1. The van der Waals surface area contributed by atoms with Crippen LogP contribution in [0.5, 0.6) is 0 Å². The summed E-state index contributed by atoms with van der Waals surface area (Å²) in [5, 5.41) is 6.76. The zero-order chi connectivity index (χ0) is 22.6. The highest BCUT2D eigenvalue weighted by Crippen LogP contribution is 2.33. The number of alkyl halides is 3. The summed E-state index contributed by atoms with van der Waals surface area (Å²) in [6.45, 7) is 3.78. The summed E-state index contributed by atoms with van der Waals surface area (Å²) < 4.78 is 42.0. The number of halogens is 4. The van der Waals surface area contributed by atoms with Crippen LogP contribution in [0.3, 0.4) is 0 Å². The average Bonchev–Trinajstić information content (AvgIpc) is 3.18. The molecule has 5 nitrogen and oxygen atoms in total. The van der Waals surface area contributed by atoms with E-state index in [2.05, 4.69) is 15.3 Å². The van der Waals surface area contributed by atoms with Crippen molar-refractivity contribution in [3.63, 3.8) is 0 Å². The van der Waals surface area contributed by atoms with E-state index in [4.69, 9.17) is 11.6 Å². The third-order valence-electron chi connectivity index (χ3n) is 4.79. The van der Waals surface area contributed by atoms with Gasteiger partial charge in [0.25, 0.3) is 5.91 Å². The van der Waals surface area contributed by atoms with Gasteiger partial charge in [-0.05, 0) is 49.0 Å². The second-order valence-electron chi connectivity index (χ2n) is 7.13. The van der Waals surface area contributed by atoms with Crippen LogP contribution in [0.15, 0.2) is 54.7 Å². The lowest BCUT2D eigenvalue weighted by Gasteiger charge is -2.15. The number of benzene rings is 2. The number of carbonyl (C=O) groups is 1. The predicted molar refractivity (Wildman–Crippen MR) is 113 cm³/mol. The van der Waals surface area contributed by atoms with Crippen molar-refractivity contribution in [3.05, 3.63) is 82.1 Å². The van der Waals surface area contributed by atoms with E-state index in [-0.39, 0.29) is 12.2 Å². The molecule has 1 amide bonds. The SMILES string of the molecule is CCN(C)Cc1cccc(CNC(=O)c2cnn(-c3ccc(Cl)cc3)c2C(F)(F)F)c1. The standard InChI is InChI=1S/C22H22ClF3N4O/c1-3-29(2)14-16-6-4-5-15(11-16)12-27-21(31)19-13-28-30(20(19)22(24,25)26)18-9-7-17(23)8-10-18/h4-11,13H,3,12,14H2,1-2H3,(H,27,31). The van der Waals surface area contributed by atoms with E-state index in [9.17, 15) is 18.0 Å². The molecule has 1 N–H and O–H groups in total. The van der Waals surface area contributed by atoms with Gasteiger partial charge in [0.15, 0.2) is 5.69 Å². The number of hydrogen-bond acceptors (Lipinski definition) is 3. The molecule has 31 heavy (non-hydrogen) atoms. The van der Waals surface area contributed by atoms with Crippen molar-refractivity contribution in [2.24, 2.45) is 0 Å². The molecule has 2 aromatic carbocycles. The minimum Gasteiger partial charge on any atom is -0.348 e. The molecular weight excluding hydrogens is 429 g/mol. The van der Waals surface area contributed by atoms with Crippen LogP contribution >= 0.6 is 11.6 Å². The maximum Gasteiger partial charge on any atom is 0.434 e. The molecule has 0 bridgehead atoms. The summed E-state index contributed by atoms with van der Waals surface area (Å²) >= 11 is 5.81. The maximum atomic E-state index is 13.8. The largest absolute Gasteiger partial charge is 0.434 e. The Morgan fingerprint density at radius 1 is 1.16 bits per heavy atom. The topological polar surface area (TPSA) is 50.2 Å². The molecule has 0 saturated carbocycles. The molecule has 9 heteroatoms. The lowest BCUT2D eigenvalue weighted by molar-refractivity contribution is -0.143. The summed E-state index contributed by atoms with van der Waals surface area (Å²) in [7, 11) is 1.99. The molecule has 0 spiro atoms. The Hall–Kier alpha value is -2.84. The minimum atomic E-state index is -4.77. The third-order valence-corrected chi connectivity index (χ3v) is 5.04. The molecule has 0 aliphatic rings. The normalized spacial score (nSPS) is 11.7. The van der Waals surface area contributed by atoms with Crippen molar-refractivity contribution in [1.29, 1.82) is 0 Å². The fourth-order valence-corrected chi connectivity index (χ4v) is 3.23. The van der Waals surface area contributed by atoms with Gasteiger partial charge < -0.3 is 10.2 Å². The Labute approximate surface area is 183 Å². The first-order valence-electron chi connectivity index (χ1n) is 9.64. The van der Waals surface area contributed by atoms with E-state index in [0.717, 1.165) is 30.4 Å². The van der Waals surface area contributed by atoms with Crippen LogP contribution in [0.25, 0.3) is 5.69 Å². The second kappa shape index (κ2) is 9.53. The minimum absolute atomic E-state index is 0.103. The molecule has 0 aliphatic heterocycles. The van der Waals surface area contributed by atoms with Crippen molar-refractivity contribution < 1.29 is 18.0 Å². The first-order valence-corrected chi connectivity index (χ1v) is 10.0. The molecule has 0 unspecified atom stereocenters. The van der Waals surface area contributed by atoms with Crippen molar-refractivity contribution in [1.82, 2.24) is 20.0 Å². The van der Waals surface area contributed by atoms with Crippen molar-refractivity contribution in [2.75, 3.05) is 13.6 Å². The van der Waals surface area contributed by atoms with Gasteiger partial charge in [0.1, 0.15) is 0 Å². The molecule has 0 atom stereocenters. The van der Waals surface area contributed by atoms with E-state index in [1.165, 1.54) is 24.3 Å². The molecule has 3 aromatic rings.